The van der Waals surface area contributed by atoms with Crippen molar-refractivity contribution in [2.24, 2.45) is 0 Å². The van der Waals surface area contributed by atoms with E-state index in [2.05, 4.69) is 0 Å². The van der Waals surface area contributed by atoms with Crippen molar-refractivity contribution in [2.45, 2.75) is 13.0 Å². The van der Waals surface area contributed by atoms with Crippen molar-refractivity contribution in [1.29, 1.82) is 0 Å². The summed E-state index contributed by atoms with van der Waals surface area (Å²) in [5, 5.41) is 0.523. The van der Waals surface area contributed by atoms with Crippen LogP contribution in [-0.2, 0) is 36.7 Å². The van der Waals surface area contributed by atoms with Crippen LogP contribution in [0.1, 0.15) is 11.4 Å². The van der Waals surface area contributed by atoms with Gasteiger partial charge in [-0.15, -0.1) is 4.13 Å². The summed E-state index contributed by atoms with van der Waals surface area (Å²) >= 11 is 1.26. The zero-order valence-electron chi connectivity index (χ0n) is 22.6. The lowest BCUT2D eigenvalue weighted by atomic mass is 10.0. The number of aromatic nitrogens is 1. The van der Waals surface area contributed by atoms with Gasteiger partial charge in [0.15, 0.2) is 12.3 Å². The smallest absolute Gasteiger partial charge is 0.268 e. The van der Waals surface area contributed by atoms with Crippen LogP contribution >= 0.6 is 11.3 Å². The highest BCUT2D eigenvalue weighted by atomic mass is 32.3. The van der Waals surface area contributed by atoms with Gasteiger partial charge in [-0.1, -0.05) is 47.7 Å². The number of nitrogens with zero attached hydrogens (tertiary/aromatic N) is 2. The first-order valence-electron chi connectivity index (χ1n) is 12.8. The fourth-order valence-electron chi connectivity index (χ4n) is 4.66. The first-order valence-corrected chi connectivity index (χ1v) is 18.7. The highest BCUT2D eigenvalue weighted by Gasteiger charge is 2.30. The number of aryl methyl sites for hydroxylation is 1. The van der Waals surface area contributed by atoms with Gasteiger partial charge in [0.1, 0.15) is 10.5 Å². The molecule has 0 amide bonds. The van der Waals surface area contributed by atoms with E-state index < -0.39 is 47.5 Å². The Morgan fingerprint density at radius 1 is 0.977 bits per heavy atom. The number of fused-ring (bicyclic) bond motifs is 2. The van der Waals surface area contributed by atoms with Crippen LogP contribution in [0.5, 0.6) is 5.75 Å². The van der Waals surface area contributed by atoms with Crippen molar-refractivity contribution in [1.82, 2.24) is 4.13 Å². The molecule has 3 aromatic carbocycles. The average molecular weight is 668 g/mol. The number of hydrogen-bond donors (Lipinski definition) is 1. The lowest BCUT2D eigenvalue weighted by molar-refractivity contribution is -0.668. The van der Waals surface area contributed by atoms with E-state index in [0.29, 0.717) is 26.7 Å². The van der Waals surface area contributed by atoms with Gasteiger partial charge in [-0.3, -0.25) is 0 Å². The minimum Gasteiger partial charge on any atom is -0.748 e. The second kappa shape index (κ2) is 11.9. The molecule has 1 N–H and O–H groups in total. The van der Waals surface area contributed by atoms with Gasteiger partial charge in [0, 0.05) is 19.0 Å². The Labute approximate surface area is 252 Å². The molecule has 1 aliphatic rings. The minimum atomic E-state index is -4.57. The zero-order chi connectivity index (χ0) is 31.0. The Hall–Kier alpha value is -3.41. The number of rotatable bonds is 11. The van der Waals surface area contributed by atoms with Crippen molar-refractivity contribution in [3.8, 4) is 16.9 Å². The van der Waals surface area contributed by atoms with Crippen LogP contribution in [-0.4, -0.2) is 54.1 Å². The Bertz CT molecular complexity index is 2050. The van der Waals surface area contributed by atoms with Gasteiger partial charge in [0.05, 0.1) is 39.6 Å². The third kappa shape index (κ3) is 7.76. The lowest BCUT2D eigenvalue weighted by Gasteiger charge is -2.19. The number of benzene rings is 3. The second-order valence-corrected chi connectivity index (χ2v) is 16.2. The molecule has 228 valence electrons. The van der Waals surface area contributed by atoms with E-state index in [4.69, 9.17) is 4.74 Å². The van der Waals surface area contributed by atoms with Gasteiger partial charge in [0.25, 0.3) is 5.01 Å². The van der Waals surface area contributed by atoms with Gasteiger partial charge in [-0.25, -0.2) is 29.6 Å². The van der Waals surface area contributed by atoms with Crippen molar-refractivity contribution in [3.63, 3.8) is 0 Å². The number of halogens is 1. The predicted molar refractivity (Wildman–Crippen MR) is 161 cm³/mol. The molecule has 43 heavy (non-hydrogen) atoms. The standard InChI is InChI=1S/C27H26FN3O8S4/c1-41(32,33)29-42(34,35)14-5-12-31-23-17-21(28)9-11-25(23)40-27(31)18-26-30(13-15-43(36,37)38)22-16-20(8-10-24(22)39-26)19-6-3-2-4-7-19/h2-4,6-11,16-18,29H,5,12-15H2,1H3. The summed E-state index contributed by atoms with van der Waals surface area (Å²) in [5.41, 5.74) is 2.79. The van der Waals surface area contributed by atoms with E-state index >= 15 is 0 Å². The molecular weight excluding hydrogens is 642 g/mol. The summed E-state index contributed by atoms with van der Waals surface area (Å²) in [6.45, 7) is -0.120. The molecule has 0 saturated heterocycles. The molecule has 0 atom stereocenters. The highest BCUT2D eigenvalue weighted by Crippen LogP contribution is 2.42. The number of nitrogens with one attached hydrogen (secondary N) is 1. The number of sulfonamides is 2. The highest BCUT2D eigenvalue weighted by molar-refractivity contribution is 8.04. The second-order valence-electron chi connectivity index (χ2n) is 9.78. The number of anilines is 1. The maximum Gasteiger partial charge on any atom is 0.268 e. The summed E-state index contributed by atoms with van der Waals surface area (Å²) in [5.74, 6) is -1.05. The van der Waals surface area contributed by atoms with Gasteiger partial charge in [0.2, 0.25) is 31.4 Å². The van der Waals surface area contributed by atoms with Crippen LogP contribution in [0.3, 0.4) is 0 Å². The fraction of sp³-hybridized carbons (Fsp3) is 0.222. The third-order valence-electron chi connectivity index (χ3n) is 6.41. The van der Waals surface area contributed by atoms with Crippen LogP contribution in [0.2, 0.25) is 0 Å². The van der Waals surface area contributed by atoms with E-state index in [9.17, 15) is 34.2 Å². The Morgan fingerprint density at radius 2 is 1.72 bits per heavy atom. The molecule has 0 unspecified atom stereocenters. The maximum atomic E-state index is 14.2. The molecule has 0 aliphatic carbocycles. The molecule has 16 heteroatoms. The summed E-state index contributed by atoms with van der Waals surface area (Å²) in [4.78, 5) is 1.58. The lowest BCUT2D eigenvalue weighted by Crippen LogP contribution is -2.38. The van der Waals surface area contributed by atoms with Crippen LogP contribution < -0.4 is 18.3 Å². The minimum absolute atomic E-state index is 0.00625. The Kier molecular flexibility index (Phi) is 8.61. The summed E-state index contributed by atoms with van der Waals surface area (Å²) in [6, 6.07) is 19.1. The molecule has 0 spiro atoms. The molecule has 0 radical (unpaired) electrons. The largest absolute Gasteiger partial charge is 0.748 e. The zero-order valence-corrected chi connectivity index (χ0v) is 25.9. The van der Waals surface area contributed by atoms with Crippen molar-refractivity contribution in [2.75, 3.05) is 29.2 Å². The average Bonchev–Trinajstić information content (AvgIpc) is 3.42. The molecule has 2 heterocycles. The molecule has 0 saturated carbocycles. The number of hydrogen-bond acceptors (Lipinski definition) is 10. The van der Waals surface area contributed by atoms with Crippen molar-refractivity contribution in [3.05, 3.63) is 83.4 Å². The van der Waals surface area contributed by atoms with Crippen molar-refractivity contribution >= 4 is 63.5 Å². The topological polar surface area (TPSA) is 154 Å². The van der Waals surface area contributed by atoms with Crippen molar-refractivity contribution < 1.29 is 43.5 Å². The van der Waals surface area contributed by atoms with Gasteiger partial charge >= 0.3 is 0 Å². The monoisotopic (exact) mass is 667 g/mol. The molecule has 0 bridgehead atoms. The van der Waals surface area contributed by atoms with Crippen LogP contribution in [0.4, 0.5) is 10.1 Å². The van der Waals surface area contributed by atoms with Gasteiger partial charge in [-0.2, -0.15) is 4.57 Å². The van der Waals surface area contributed by atoms with Crippen LogP contribution in [0.25, 0.3) is 27.4 Å². The first-order chi connectivity index (χ1) is 20.2. The molecule has 0 fully saturated rings. The summed E-state index contributed by atoms with van der Waals surface area (Å²) in [6.07, 6.45) is 2.35. The third-order valence-corrected chi connectivity index (χ3v) is 11.3. The molecular formula is C27H26FN3O8S4. The van der Waals surface area contributed by atoms with E-state index in [1.807, 2.05) is 42.5 Å². The van der Waals surface area contributed by atoms with E-state index in [1.165, 1.54) is 23.5 Å². The summed E-state index contributed by atoms with van der Waals surface area (Å²) < 4.78 is 106. The molecule has 1 aromatic heterocycles. The maximum absolute atomic E-state index is 14.2. The van der Waals surface area contributed by atoms with E-state index in [0.717, 1.165) is 17.4 Å². The van der Waals surface area contributed by atoms with Gasteiger partial charge < -0.3 is 14.2 Å². The van der Waals surface area contributed by atoms with Gasteiger partial charge in [-0.05, 0) is 35.4 Å². The van der Waals surface area contributed by atoms with E-state index in [1.54, 1.807) is 31.8 Å². The molecule has 4 aromatic rings. The quantitative estimate of drug-likeness (QED) is 0.188. The molecule has 5 rings (SSSR count). The SMILES string of the molecule is CS(=O)(=O)NS(=O)(=O)CCC[n+]1c(C=C2Oc3ccc(-c4ccccc4)cc3N2CCS(=O)(=O)[O-])sc2ccc(F)cc21. The number of thiazole rings is 1. The molecule has 11 nitrogen and oxygen atoms in total. The molecule has 1 aliphatic heterocycles. The normalized spacial score (nSPS) is 14.8. The van der Waals surface area contributed by atoms with Crippen LogP contribution in [0.15, 0.2) is 72.6 Å². The van der Waals surface area contributed by atoms with Crippen LogP contribution in [0, 0.1) is 5.82 Å². The predicted octanol–water partition coefficient (Wildman–Crippen LogP) is 3.01. The summed E-state index contributed by atoms with van der Waals surface area (Å²) in [7, 11) is -12.7. The number of ether oxygens (including phenoxy) is 1. The fourth-order valence-corrected chi connectivity index (χ4v) is 8.84. The first kappa shape index (κ1) is 31.0. The Morgan fingerprint density at radius 3 is 2.42 bits per heavy atom. The van der Waals surface area contributed by atoms with E-state index in [-0.39, 0.29) is 25.4 Å². The Balaban J connectivity index is 1.53.